The zero-order chi connectivity index (χ0) is 15.1. The molecule has 0 spiro atoms. The van der Waals surface area contributed by atoms with E-state index in [0.29, 0.717) is 0 Å². The third-order valence-electron chi connectivity index (χ3n) is 3.83. The summed E-state index contributed by atoms with van der Waals surface area (Å²) in [6, 6.07) is 7.76. The molecule has 6 heteroatoms. The number of aromatic nitrogens is 2. The van der Waals surface area contributed by atoms with Crippen LogP contribution in [0.25, 0.3) is 22.1 Å². The van der Waals surface area contributed by atoms with Gasteiger partial charge < -0.3 is 4.90 Å². The SMILES string of the molecule is CCN1CCSC1=C/C=c1/sc2nc3ccccc3n2c1=O. The maximum atomic E-state index is 12.6. The highest BCUT2D eigenvalue weighted by Crippen LogP contribution is 2.27. The second-order valence-electron chi connectivity index (χ2n) is 5.09. The predicted octanol–water partition coefficient (Wildman–Crippen LogP) is 2.32. The highest BCUT2D eigenvalue weighted by molar-refractivity contribution is 8.03. The number of hydrogen-bond donors (Lipinski definition) is 0. The lowest BCUT2D eigenvalue weighted by Gasteiger charge is -2.14. The van der Waals surface area contributed by atoms with Crippen LogP contribution < -0.4 is 10.1 Å². The van der Waals surface area contributed by atoms with Crippen molar-refractivity contribution >= 4 is 45.2 Å². The number of nitrogens with zero attached hydrogens (tertiary/aromatic N) is 3. The molecule has 1 aliphatic heterocycles. The van der Waals surface area contributed by atoms with Gasteiger partial charge in [-0.2, -0.15) is 0 Å². The zero-order valence-corrected chi connectivity index (χ0v) is 13.8. The molecule has 22 heavy (non-hydrogen) atoms. The van der Waals surface area contributed by atoms with E-state index < -0.39 is 0 Å². The van der Waals surface area contributed by atoms with Crippen LogP contribution in [-0.4, -0.2) is 33.1 Å². The van der Waals surface area contributed by atoms with Crippen LogP contribution >= 0.6 is 23.1 Å². The van der Waals surface area contributed by atoms with Crippen LogP contribution in [0.2, 0.25) is 0 Å². The summed E-state index contributed by atoms with van der Waals surface area (Å²) in [5, 5.41) is 1.25. The highest BCUT2D eigenvalue weighted by Gasteiger charge is 2.15. The largest absolute Gasteiger partial charge is 0.366 e. The molecule has 0 aliphatic carbocycles. The fourth-order valence-electron chi connectivity index (χ4n) is 2.70. The molecule has 3 aromatic rings. The van der Waals surface area contributed by atoms with Crippen molar-refractivity contribution in [2.24, 2.45) is 0 Å². The Kier molecular flexibility index (Phi) is 3.43. The van der Waals surface area contributed by atoms with Crippen LogP contribution in [0.1, 0.15) is 6.92 Å². The first-order valence-corrected chi connectivity index (χ1v) is 9.08. The summed E-state index contributed by atoms with van der Waals surface area (Å²) < 4.78 is 2.45. The van der Waals surface area contributed by atoms with E-state index >= 15 is 0 Å². The van der Waals surface area contributed by atoms with Crippen LogP contribution in [0, 0.1) is 0 Å². The molecule has 0 radical (unpaired) electrons. The molecule has 4 rings (SSSR count). The monoisotopic (exact) mass is 329 g/mol. The Labute approximate surface area is 135 Å². The first-order valence-electron chi connectivity index (χ1n) is 7.27. The number of fused-ring (bicyclic) bond motifs is 3. The third-order valence-corrected chi connectivity index (χ3v) is 5.89. The number of imidazole rings is 1. The van der Waals surface area contributed by atoms with Crippen molar-refractivity contribution in [3.05, 3.63) is 50.3 Å². The Morgan fingerprint density at radius 1 is 1.32 bits per heavy atom. The molecule has 4 nitrogen and oxygen atoms in total. The van der Waals surface area contributed by atoms with Crippen LogP contribution in [-0.2, 0) is 0 Å². The molecular formula is C16H15N3OS2. The van der Waals surface area contributed by atoms with Gasteiger partial charge in [0, 0.05) is 18.8 Å². The van der Waals surface area contributed by atoms with Crippen LogP contribution in [0.5, 0.6) is 0 Å². The van der Waals surface area contributed by atoms with E-state index in [2.05, 4.69) is 22.9 Å². The number of benzene rings is 1. The summed E-state index contributed by atoms with van der Waals surface area (Å²) in [7, 11) is 0. The predicted molar refractivity (Wildman–Crippen MR) is 94.3 cm³/mol. The summed E-state index contributed by atoms with van der Waals surface area (Å²) in [4.78, 5) is 20.2. The fourth-order valence-corrected chi connectivity index (χ4v) is 4.72. The average Bonchev–Trinajstić information content (AvgIpc) is 3.20. The zero-order valence-electron chi connectivity index (χ0n) is 12.2. The number of hydrogen-bond acceptors (Lipinski definition) is 5. The van der Waals surface area contributed by atoms with Gasteiger partial charge in [0.05, 0.1) is 20.6 Å². The van der Waals surface area contributed by atoms with Crippen LogP contribution in [0.15, 0.2) is 40.2 Å². The average molecular weight is 329 g/mol. The Hall–Kier alpha value is -1.79. The smallest absolute Gasteiger partial charge is 0.274 e. The van der Waals surface area contributed by atoms with Gasteiger partial charge in [-0.1, -0.05) is 23.5 Å². The van der Waals surface area contributed by atoms with Crippen molar-refractivity contribution in [2.75, 3.05) is 18.8 Å². The van der Waals surface area contributed by atoms with Gasteiger partial charge in [0.15, 0.2) is 4.96 Å². The van der Waals surface area contributed by atoms with E-state index in [-0.39, 0.29) is 5.56 Å². The number of para-hydroxylation sites is 2. The second kappa shape index (κ2) is 5.44. The minimum atomic E-state index is 0.0246. The topological polar surface area (TPSA) is 37.6 Å². The molecule has 1 fully saturated rings. The summed E-state index contributed by atoms with van der Waals surface area (Å²) in [5.41, 5.74) is 1.78. The van der Waals surface area contributed by atoms with Crippen LogP contribution in [0.3, 0.4) is 0 Å². The number of rotatable bonds is 2. The van der Waals surface area contributed by atoms with Crippen molar-refractivity contribution in [1.82, 2.24) is 14.3 Å². The maximum absolute atomic E-state index is 12.6. The minimum Gasteiger partial charge on any atom is -0.366 e. The van der Waals surface area contributed by atoms with E-state index in [1.807, 2.05) is 42.1 Å². The Morgan fingerprint density at radius 2 is 2.18 bits per heavy atom. The normalized spacial score (nSPS) is 18.3. The fraction of sp³-hybridized carbons (Fsp3) is 0.250. The van der Waals surface area contributed by atoms with Crippen molar-refractivity contribution in [3.63, 3.8) is 0 Å². The molecular weight excluding hydrogens is 314 g/mol. The molecule has 1 aromatic carbocycles. The summed E-state index contributed by atoms with van der Waals surface area (Å²) >= 11 is 3.30. The Balaban J connectivity index is 1.86. The Bertz CT molecular complexity index is 986. The van der Waals surface area contributed by atoms with Gasteiger partial charge in [0.25, 0.3) is 5.56 Å². The van der Waals surface area contributed by atoms with E-state index in [4.69, 9.17) is 0 Å². The van der Waals surface area contributed by atoms with Gasteiger partial charge in [0.2, 0.25) is 0 Å². The quantitative estimate of drug-likeness (QED) is 0.723. The first-order chi connectivity index (χ1) is 10.8. The molecule has 0 amide bonds. The molecule has 2 aromatic heterocycles. The maximum Gasteiger partial charge on any atom is 0.274 e. The summed E-state index contributed by atoms with van der Waals surface area (Å²) in [6.07, 6.45) is 4.00. The summed E-state index contributed by atoms with van der Waals surface area (Å²) in [5.74, 6) is 1.12. The molecule has 0 bridgehead atoms. The molecule has 3 heterocycles. The van der Waals surface area contributed by atoms with Gasteiger partial charge in [-0.25, -0.2) is 9.38 Å². The van der Waals surface area contributed by atoms with Crippen molar-refractivity contribution in [1.29, 1.82) is 0 Å². The van der Waals surface area contributed by atoms with E-state index in [1.165, 1.54) is 16.4 Å². The van der Waals surface area contributed by atoms with Crippen molar-refractivity contribution in [2.45, 2.75) is 6.92 Å². The molecule has 0 saturated carbocycles. The molecule has 0 N–H and O–H groups in total. The van der Waals surface area contributed by atoms with Crippen molar-refractivity contribution < 1.29 is 0 Å². The van der Waals surface area contributed by atoms with E-state index in [0.717, 1.165) is 39.4 Å². The number of allylic oxidation sites excluding steroid dienone is 1. The second-order valence-corrected chi connectivity index (χ2v) is 7.21. The number of thioether (sulfide) groups is 1. The molecule has 1 saturated heterocycles. The molecule has 0 unspecified atom stereocenters. The van der Waals surface area contributed by atoms with Crippen molar-refractivity contribution in [3.8, 4) is 0 Å². The van der Waals surface area contributed by atoms with Gasteiger partial charge in [-0.3, -0.25) is 4.79 Å². The van der Waals surface area contributed by atoms with Crippen LogP contribution in [0.4, 0.5) is 0 Å². The van der Waals surface area contributed by atoms with Gasteiger partial charge in [-0.05, 0) is 31.2 Å². The van der Waals surface area contributed by atoms with E-state index in [1.54, 1.807) is 4.40 Å². The Morgan fingerprint density at radius 3 is 3.05 bits per heavy atom. The lowest BCUT2D eigenvalue weighted by molar-refractivity contribution is 0.426. The minimum absolute atomic E-state index is 0.0246. The number of thiazole rings is 1. The standard InChI is InChI=1S/C16H15N3OS2/c1-2-18-9-10-21-14(18)8-7-13-15(20)19-12-6-4-3-5-11(12)17-16(19)22-13/h3-8H,2,9-10H2,1H3/b13-7+,14-8?. The lowest BCUT2D eigenvalue weighted by Crippen LogP contribution is -2.22. The molecule has 1 aliphatic rings. The molecule has 112 valence electrons. The van der Waals surface area contributed by atoms with Gasteiger partial charge in [0.1, 0.15) is 0 Å². The van der Waals surface area contributed by atoms with E-state index in [9.17, 15) is 4.79 Å². The van der Waals surface area contributed by atoms with Gasteiger partial charge in [-0.15, -0.1) is 11.8 Å². The highest BCUT2D eigenvalue weighted by atomic mass is 32.2. The third kappa shape index (κ3) is 2.14. The van der Waals surface area contributed by atoms with Gasteiger partial charge >= 0.3 is 0 Å². The molecule has 0 atom stereocenters. The summed E-state index contributed by atoms with van der Waals surface area (Å²) in [6.45, 7) is 4.25. The first kappa shape index (κ1) is 13.8. The lowest BCUT2D eigenvalue weighted by atomic mass is 10.3.